The minimum atomic E-state index is -0.784. The van der Waals surface area contributed by atoms with Crippen molar-refractivity contribution in [2.24, 2.45) is 0 Å². The van der Waals surface area contributed by atoms with E-state index in [9.17, 15) is 9.59 Å². The van der Waals surface area contributed by atoms with Crippen LogP contribution < -0.4 is 15.4 Å². The van der Waals surface area contributed by atoms with Crippen LogP contribution in [0, 0.1) is 0 Å². The van der Waals surface area contributed by atoms with Crippen LogP contribution in [0.3, 0.4) is 0 Å². The summed E-state index contributed by atoms with van der Waals surface area (Å²) in [7, 11) is 1.51. The van der Waals surface area contributed by atoms with Crippen LogP contribution in [0.15, 0.2) is 48.7 Å². The first kappa shape index (κ1) is 18.3. The van der Waals surface area contributed by atoms with Gasteiger partial charge in [-0.25, -0.2) is 14.6 Å². The van der Waals surface area contributed by atoms with E-state index >= 15 is 0 Å². The highest BCUT2D eigenvalue weighted by Gasteiger charge is 2.22. The van der Waals surface area contributed by atoms with Gasteiger partial charge in [0.25, 0.3) is 0 Å². The number of nitrogens with one attached hydrogen (secondary N) is 2. The second-order valence-electron chi connectivity index (χ2n) is 5.18. The Morgan fingerprint density at radius 1 is 1.16 bits per heavy atom. The fourth-order valence-electron chi connectivity index (χ4n) is 2.19. The molecule has 2 amide bonds. The molecule has 2 rings (SSSR count). The zero-order valence-electron chi connectivity index (χ0n) is 14.2. The molecule has 0 aliphatic carbocycles. The Bertz CT molecular complexity index is 689. The van der Waals surface area contributed by atoms with Crippen LogP contribution in [0.4, 0.5) is 10.5 Å². The second-order valence-corrected chi connectivity index (χ2v) is 5.18. The maximum atomic E-state index is 12.2. The van der Waals surface area contributed by atoms with E-state index < -0.39 is 18.0 Å². The lowest BCUT2D eigenvalue weighted by molar-refractivity contribution is -0.145. The van der Waals surface area contributed by atoms with Crippen LogP contribution in [0.1, 0.15) is 12.5 Å². The number of pyridine rings is 1. The third kappa shape index (κ3) is 5.80. The van der Waals surface area contributed by atoms with Gasteiger partial charge in [0.1, 0.15) is 6.04 Å². The number of ether oxygens (including phenoxy) is 2. The number of carbonyl (C=O) groups excluding carboxylic acids is 2. The van der Waals surface area contributed by atoms with Crippen molar-refractivity contribution >= 4 is 17.7 Å². The van der Waals surface area contributed by atoms with E-state index in [1.165, 1.54) is 13.3 Å². The molecule has 0 fully saturated rings. The maximum Gasteiger partial charge on any atom is 0.329 e. The summed E-state index contributed by atoms with van der Waals surface area (Å²) in [6, 6.07) is 11.4. The van der Waals surface area contributed by atoms with E-state index in [0.29, 0.717) is 18.0 Å². The van der Waals surface area contributed by atoms with Gasteiger partial charge in [-0.15, -0.1) is 0 Å². The fourth-order valence-corrected chi connectivity index (χ4v) is 2.19. The number of anilines is 1. The fraction of sp³-hybridized carbons (Fsp3) is 0.278. The number of aromatic nitrogens is 1. The minimum absolute atomic E-state index is 0.246. The summed E-state index contributed by atoms with van der Waals surface area (Å²) in [6.07, 6.45) is 1.81. The predicted molar refractivity (Wildman–Crippen MR) is 93.5 cm³/mol. The number of hydrogen-bond donors (Lipinski definition) is 2. The summed E-state index contributed by atoms with van der Waals surface area (Å²) in [5, 5.41) is 5.27. The monoisotopic (exact) mass is 343 g/mol. The smallest absolute Gasteiger partial charge is 0.329 e. The molecule has 0 unspecified atom stereocenters. The maximum absolute atomic E-state index is 12.2. The van der Waals surface area contributed by atoms with Gasteiger partial charge in [0.2, 0.25) is 5.88 Å². The molecule has 0 radical (unpaired) electrons. The zero-order chi connectivity index (χ0) is 18.1. The van der Waals surface area contributed by atoms with Gasteiger partial charge in [-0.1, -0.05) is 30.3 Å². The predicted octanol–water partition coefficient (Wildman–Crippen LogP) is 2.39. The number of carbonyl (C=O) groups is 2. The van der Waals surface area contributed by atoms with Crippen molar-refractivity contribution in [3.8, 4) is 5.88 Å². The Hall–Kier alpha value is -3.09. The van der Waals surface area contributed by atoms with E-state index in [2.05, 4.69) is 15.6 Å². The molecule has 1 aromatic carbocycles. The molecule has 0 spiro atoms. The van der Waals surface area contributed by atoms with Crippen LogP contribution in [0.25, 0.3) is 0 Å². The highest BCUT2D eigenvalue weighted by atomic mass is 16.5. The first-order chi connectivity index (χ1) is 12.1. The Balaban J connectivity index is 2.01. The topological polar surface area (TPSA) is 89.5 Å². The molecule has 2 aromatic rings. The highest BCUT2D eigenvalue weighted by molar-refractivity contribution is 5.92. The van der Waals surface area contributed by atoms with E-state index in [4.69, 9.17) is 9.47 Å². The van der Waals surface area contributed by atoms with Crippen molar-refractivity contribution in [1.82, 2.24) is 10.3 Å². The molecule has 0 aliphatic rings. The number of benzene rings is 1. The number of esters is 1. The van der Waals surface area contributed by atoms with Crippen molar-refractivity contribution in [1.29, 1.82) is 0 Å². The van der Waals surface area contributed by atoms with Crippen molar-refractivity contribution in [2.75, 3.05) is 19.0 Å². The number of methoxy groups -OCH3 is 1. The second kappa shape index (κ2) is 9.27. The van der Waals surface area contributed by atoms with Crippen molar-refractivity contribution in [3.05, 3.63) is 54.2 Å². The molecule has 0 aliphatic heterocycles. The first-order valence-electron chi connectivity index (χ1n) is 7.90. The van der Waals surface area contributed by atoms with E-state index in [1.54, 1.807) is 19.1 Å². The molecular weight excluding hydrogens is 322 g/mol. The molecule has 25 heavy (non-hydrogen) atoms. The molecule has 7 nitrogen and oxygen atoms in total. The standard InChI is InChI=1S/C18H21N3O4/c1-3-25-17(22)15(11-13-7-5-4-6-8-13)21-18(23)20-14-9-10-16(24-2)19-12-14/h4-10,12,15H,3,11H2,1-2H3,(H2,20,21,23)/t15-/m1/s1. The van der Waals surface area contributed by atoms with Crippen LogP contribution >= 0.6 is 0 Å². The number of amides is 2. The zero-order valence-corrected chi connectivity index (χ0v) is 14.2. The van der Waals surface area contributed by atoms with Gasteiger partial charge in [-0.05, 0) is 18.6 Å². The SMILES string of the molecule is CCOC(=O)[C@@H](Cc1ccccc1)NC(=O)Nc1ccc(OC)nc1. The summed E-state index contributed by atoms with van der Waals surface area (Å²) >= 11 is 0. The van der Waals surface area contributed by atoms with Gasteiger partial charge < -0.3 is 20.1 Å². The average Bonchev–Trinajstić information content (AvgIpc) is 2.63. The summed E-state index contributed by atoms with van der Waals surface area (Å²) < 4.78 is 10.0. The van der Waals surface area contributed by atoms with Gasteiger partial charge in [-0.2, -0.15) is 0 Å². The Morgan fingerprint density at radius 2 is 1.92 bits per heavy atom. The number of urea groups is 1. The molecule has 0 saturated carbocycles. The average molecular weight is 343 g/mol. The van der Waals surface area contributed by atoms with Crippen molar-refractivity contribution in [3.63, 3.8) is 0 Å². The molecule has 1 aromatic heterocycles. The minimum Gasteiger partial charge on any atom is -0.481 e. The van der Waals surface area contributed by atoms with Crippen LogP contribution in [0.5, 0.6) is 5.88 Å². The first-order valence-corrected chi connectivity index (χ1v) is 7.90. The molecule has 2 N–H and O–H groups in total. The molecule has 7 heteroatoms. The molecule has 1 atom stereocenters. The van der Waals surface area contributed by atoms with E-state index in [1.807, 2.05) is 30.3 Å². The number of nitrogens with zero attached hydrogens (tertiary/aromatic N) is 1. The largest absolute Gasteiger partial charge is 0.481 e. The van der Waals surface area contributed by atoms with Gasteiger partial charge in [-0.3, -0.25) is 0 Å². The summed E-state index contributed by atoms with van der Waals surface area (Å²) in [5.74, 6) is -0.0335. The lowest BCUT2D eigenvalue weighted by Gasteiger charge is -2.18. The van der Waals surface area contributed by atoms with Crippen molar-refractivity contribution in [2.45, 2.75) is 19.4 Å². The molecule has 0 saturated heterocycles. The quantitative estimate of drug-likeness (QED) is 0.754. The van der Waals surface area contributed by atoms with Crippen LogP contribution in [-0.2, 0) is 16.0 Å². The summed E-state index contributed by atoms with van der Waals surface area (Å²) in [5.41, 5.74) is 1.41. The van der Waals surface area contributed by atoms with Crippen LogP contribution in [-0.4, -0.2) is 36.7 Å². The van der Waals surface area contributed by atoms with Crippen molar-refractivity contribution < 1.29 is 19.1 Å². The summed E-state index contributed by atoms with van der Waals surface area (Å²) in [4.78, 5) is 28.3. The van der Waals surface area contributed by atoms with Gasteiger partial charge in [0.05, 0.1) is 25.6 Å². The van der Waals surface area contributed by atoms with Gasteiger partial charge in [0.15, 0.2) is 0 Å². The Kier molecular flexibility index (Phi) is 6.76. The molecule has 132 valence electrons. The normalized spacial score (nSPS) is 11.3. The molecular formula is C18H21N3O4. The van der Waals surface area contributed by atoms with Gasteiger partial charge in [0, 0.05) is 12.5 Å². The summed E-state index contributed by atoms with van der Waals surface area (Å²) in [6.45, 7) is 1.97. The van der Waals surface area contributed by atoms with E-state index in [0.717, 1.165) is 5.56 Å². The highest BCUT2D eigenvalue weighted by Crippen LogP contribution is 2.11. The van der Waals surface area contributed by atoms with Crippen LogP contribution in [0.2, 0.25) is 0 Å². The van der Waals surface area contributed by atoms with E-state index in [-0.39, 0.29) is 6.61 Å². The Labute approximate surface area is 146 Å². The third-order valence-electron chi connectivity index (χ3n) is 3.36. The third-order valence-corrected chi connectivity index (χ3v) is 3.36. The van der Waals surface area contributed by atoms with Gasteiger partial charge >= 0.3 is 12.0 Å². The molecule has 0 bridgehead atoms. The lowest BCUT2D eigenvalue weighted by atomic mass is 10.1. The number of rotatable bonds is 7. The Morgan fingerprint density at radius 3 is 2.52 bits per heavy atom. The molecule has 1 heterocycles. The lowest BCUT2D eigenvalue weighted by Crippen LogP contribution is -2.45. The number of hydrogen-bond acceptors (Lipinski definition) is 5.